The third-order valence-corrected chi connectivity index (χ3v) is 9.20. The Hall–Kier alpha value is -3.07. The Morgan fingerprint density at radius 2 is 1.64 bits per heavy atom. The molecule has 3 aromatic rings. The molecule has 0 aromatic heterocycles. The van der Waals surface area contributed by atoms with Gasteiger partial charge in [-0.1, -0.05) is 78.5 Å². The summed E-state index contributed by atoms with van der Waals surface area (Å²) >= 11 is 1.78. The molecule has 1 fully saturated rings. The molecule has 0 saturated carbocycles. The molecule has 1 atom stereocenters. The van der Waals surface area contributed by atoms with Crippen molar-refractivity contribution in [1.29, 1.82) is 5.26 Å². The number of hydrogen-bond donors (Lipinski definition) is 1. The fourth-order valence-electron chi connectivity index (χ4n) is 5.93. The molecule has 0 bridgehead atoms. The summed E-state index contributed by atoms with van der Waals surface area (Å²) in [6.45, 7) is 4.96. The molecule has 5 rings (SSSR count). The summed E-state index contributed by atoms with van der Waals surface area (Å²) in [4.78, 5) is 17.0. The van der Waals surface area contributed by atoms with Crippen LogP contribution in [-0.2, 0) is 26.8 Å². The molecule has 0 spiro atoms. The van der Waals surface area contributed by atoms with E-state index in [2.05, 4.69) is 66.7 Å². The number of benzene rings is 3. The smallest absolute Gasteiger partial charge is 0.317 e. The number of rotatable bonds is 6. The molecule has 3 aromatic carbocycles. The normalized spacial score (nSPS) is 25.1. The van der Waals surface area contributed by atoms with Crippen molar-refractivity contribution in [3.63, 3.8) is 0 Å². The van der Waals surface area contributed by atoms with Gasteiger partial charge in [-0.2, -0.15) is 5.26 Å². The summed E-state index contributed by atoms with van der Waals surface area (Å²) in [7, 11) is 0. The first-order valence-corrected chi connectivity index (χ1v) is 13.7. The number of nitrogens with one attached hydrogen (secondary N) is 1. The van der Waals surface area contributed by atoms with E-state index in [1.54, 1.807) is 11.8 Å². The first-order valence-electron chi connectivity index (χ1n) is 12.9. The lowest BCUT2D eigenvalue weighted by Gasteiger charge is -2.39. The van der Waals surface area contributed by atoms with E-state index in [1.165, 1.54) is 20.3 Å². The van der Waals surface area contributed by atoms with E-state index < -0.39 is 10.8 Å². The number of nitriles is 1. The topological polar surface area (TPSA) is 54.5 Å². The number of esters is 1. The maximum absolute atomic E-state index is 13.1. The second-order valence-electron chi connectivity index (χ2n) is 10.00. The van der Waals surface area contributed by atoms with Gasteiger partial charge in [-0.3, -0.25) is 4.79 Å². The number of piperidine rings is 1. The van der Waals surface area contributed by atoms with E-state index in [0.29, 0.717) is 6.61 Å². The van der Waals surface area contributed by atoms with Gasteiger partial charge in [-0.15, -0.1) is 0 Å². The average Bonchev–Trinajstić information content (AvgIpc) is 3.07. The van der Waals surface area contributed by atoms with Crippen LogP contribution in [0.1, 0.15) is 42.9 Å². The molecule has 0 radical (unpaired) electrons. The van der Waals surface area contributed by atoms with Gasteiger partial charge in [0.2, 0.25) is 0 Å². The van der Waals surface area contributed by atoms with E-state index in [4.69, 9.17) is 4.74 Å². The second-order valence-corrected chi connectivity index (χ2v) is 11.1. The van der Waals surface area contributed by atoms with Crippen LogP contribution in [0.15, 0.2) is 88.7 Å². The Balaban J connectivity index is 1.36. The number of carbonyl (C=O) groups is 1. The summed E-state index contributed by atoms with van der Waals surface area (Å²) in [5.74, 6) is -0.102. The quantitative estimate of drug-likeness (QED) is 0.501. The highest BCUT2D eigenvalue weighted by Crippen LogP contribution is 2.45. The van der Waals surface area contributed by atoms with Crippen LogP contribution in [0.4, 0.5) is 0 Å². The molecule has 1 saturated heterocycles. The van der Waals surface area contributed by atoms with Crippen molar-refractivity contribution >= 4 is 17.7 Å². The second kappa shape index (κ2) is 10.5. The summed E-state index contributed by atoms with van der Waals surface area (Å²) in [5, 5.41) is 10.6. The predicted octanol–water partition coefficient (Wildman–Crippen LogP) is 4.73. The van der Waals surface area contributed by atoms with Crippen molar-refractivity contribution < 1.29 is 14.4 Å². The fourth-order valence-corrected chi connectivity index (χ4v) is 7.10. The third-order valence-electron chi connectivity index (χ3n) is 8.01. The van der Waals surface area contributed by atoms with Gasteiger partial charge in [-0.05, 0) is 42.2 Å². The molecule has 2 aliphatic rings. The van der Waals surface area contributed by atoms with Gasteiger partial charge in [-0.25, -0.2) is 0 Å². The number of hydrogen-bond acceptors (Lipinski definition) is 4. The Morgan fingerprint density at radius 1 is 0.972 bits per heavy atom. The number of carbonyl (C=O) groups excluding carboxylic acids is 1. The molecular formula is C31H33N2O2S+. The van der Waals surface area contributed by atoms with Gasteiger partial charge in [0.05, 0.1) is 37.7 Å². The Morgan fingerprint density at radius 3 is 2.36 bits per heavy atom. The highest BCUT2D eigenvalue weighted by Gasteiger charge is 2.46. The van der Waals surface area contributed by atoms with Crippen molar-refractivity contribution in [2.45, 2.75) is 53.2 Å². The molecule has 2 heterocycles. The number of ether oxygens (including phenoxy) is 1. The third kappa shape index (κ3) is 4.56. The number of nitrogens with zero attached hydrogens (tertiary/aromatic N) is 1. The predicted molar refractivity (Wildman–Crippen MR) is 142 cm³/mol. The van der Waals surface area contributed by atoms with E-state index >= 15 is 0 Å². The van der Waals surface area contributed by atoms with Crippen molar-refractivity contribution in [3.05, 3.63) is 95.6 Å². The van der Waals surface area contributed by atoms with E-state index in [0.717, 1.165) is 56.4 Å². The molecule has 184 valence electrons. The van der Waals surface area contributed by atoms with Crippen LogP contribution in [-0.4, -0.2) is 32.2 Å². The Bertz CT molecular complexity index is 1260. The molecule has 0 amide bonds. The standard InChI is InChI=1S/C31H32N2O2S/c1-2-35-29(34)31(25-11-4-3-5-12-25)17-20-33(21-18-31)19-16-30(23-32)22-24-10-6-8-14-27(24)36-28-15-9-7-13-26(28)30/h3-15H,2,16-22H2,1H3/p+1/t30-/m0/s1. The highest BCUT2D eigenvalue weighted by molar-refractivity contribution is 7.99. The molecule has 1 N–H and O–H groups in total. The zero-order valence-corrected chi connectivity index (χ0v) is 21.7. The molecule has 4 nitrogen and oxygen atoms in total. The maximum Gasteiger partial charge on any atom is 0.317 e. The number of likely N-dealkylation sites (tertiary alicyclic amines) is 1. The van der Waals surface area contributed by atoms with Gasteiger partial charge < -0.3 is 9.64 Å². The molecule has 2 aliphatic heterocycles. The monoisotopic (exact) mass is 497 g/mol. The van der Waals surface area contributed by atoms with Crippen molar-refractivity contribution in [1.82, 2.24) is 0 Å². The minimum absolute atomic E-state index is 0.102. The minimum Gasteiger partial charge on any atom is -0.465 e. The molecule has 36 heavy (non-hydrogen) atoms. The van der Waals surface area contributed by atoms with Crippen LogP contribution in [0.2, 0.25) is 0 Å². The summed E-state index contributed by atoms with van der Waals surface area (Å²) in [6.07, 6.45) is 3.05. The van der Waals surface area contributed by atoms with Crippen LogP contribution in [0.25, 0.3) is 0 Å². The number of fused-ring (bicyclic) bond motifs is 2. The summed E-state index contributed by atoms with van der Waals surface area (Å²) < 4.78 is 5.56. The van der Waals surface area contributed by atoms with Crippen molar-refractivity contribution in [2.24, 2.45) is 0 Å². The van der Waals surface area contributed by atoms with Crippen LogP contribution in [0.5, 0.6) is 0 Å². The molecule has 0 aliphatic carbocycles. The van der Waals surface area contributed by atoms with Gasteiger partial charge in [0.25, 0.3) is 0 Å². The summed E-state index contributed by atoms with van der Waals surface area (Å²) in [5.41, 5.74) is 2.33. The lowest BCUT2D eigenvalue weighted by Crippen LogP contribution is -3.13. The summed E-state index contributed by atoms with van der Waals surface area (Å²) in [6, 6.07) is 29.8. The van der Waals surface area contributed by atoms with Crippen LogP contribution >= 0.6 is 11.8 Å². The maximum atomic E-state index is 13.1. The Labute approximate surface area is 218 Å². The van der Waals surface area contributed by atoms with Gasteiger partial charge in [0.15, 0.2) is 0 Å². The highest BCUT2D eigenvalue weighted by atomic mass is 32.2. The molecule has 5 heteroatoms. The van der Waals surface area contributed by atoms with Crippen LogP contribution < -0.4 is 4.90 Å². The van der Waals surface area contributed by atoms with Crippen molar-refractivity contribution in [2.75, 3.05) is 26.2 Å². The van der Waals surface area contributed by atoms with Gasteiger partial charge >= 0.3 is 5.97 Å². The van der Waals surface area contributed by atoms with Gasteiger partial charge in [0.1, 0.15) is 5.41 Å². The lowest BCUT2D eigenvalue weighted by atomic mass is 9.72. The number of quaternary nitrogens is 1. The largest absolute Gasteiger partial charge is 0.465 e. The zero-order chi connectivity index (χ0) is 25.0. The van der Waals surface area contributed by atoms with E-state index in [-0.39, 0.29) is 5.97 Å². The Kier molecular flexibility index (Phi) is 7.18. The molecular weight excluding hydrogens is 464 g/mol. The lowest BCUT2D eigenvalue weighted by molar-refractivity contribution is -0.906. The SMILES string of the molecule is CCOC(=O)C1(c2ccccc2)CC[NH+](CC[C@@]2(C#N)Cc3ccccc3Sc3ccccc32)CC1. The van der Waals surface area contributed by atoms with Crippen molar-refractivity contribution in [3.8, 4) is 6.07 Å². The van der Waals surface area contributed by atoms with Crippen LogP contribution in [0.3, 0.4) is 0 Å². The first-order chi connectivity index (χ1) is 17.6. The fraction of sp³-hybridized carbons (Fsp3) is 0.355. The zero-order valence-electron chi connectivity index (χ0n) is 20.8. The minimum atomic E-state index is -0.571. The van der Waals surface area contributed by atoms with Gasteiger partial charge in [0, 0.05) is 29.1 Å². The van der Waals surface area contributed by atoms with E-state index in [9.17, 15) is 10.1 Å². The average molecular weight is 498 g/mol. The molecule has 0 unspecified atom stereocenters. The van der Waals surface area contributed by atoms with E-state index in [1.807, 2.05) is 25.1 Å². The first kappa shape index (κ1) is 24.6. The van der Waals surface area contributed by atoms with Crippen LogP contribution in [0, 0.1) is 11.3 Å².